The molecule has 0 atom stereocenters. The number of aromatic nitrogens is 4. The molecule has 0 fully saturated rings. The predicted octanol–water partition coefficient (Wildman–Crippen LogP) is 1.50. The van der Waals surface area contributed by atoms with Crippen LogP contribution < -0.4 is 5.56 Å². The average molecular weight is 303 g/mol. The Balaban J connectivity index is 2.32. The summed E-state index contributed by atoms with van der Waals surface area (Å²) in [6, 6.07) is 5.09. The highest BCUT2D eigenvalue weighted by Crippen LogP contribution is 2.25. The smallest absolute Gasteiger partial charge is 0.261 e. The number of aliphatic hydroxyl groups excluding tert-OH is 1. The van der Waals surface area contributed by atoms with Gasteiger partial charge in [0.2, 0.25) is 0 Å². The highest BCUT2D eigenvalue weighted by molar-refractivity contribution is 6.30. The number of hydrogen-bond donors (Lipinski definition) is 1. The fourth-order valence-electron chi connectivity index (χ4n) is 2.11. The van der Waals surface area contributed by atoms with Crippen LogP contribution in [0.3, 0.4) is 0 Å². The summed E-state index contributed by atoms with van der Waals surface area (Å²) < 4.78 is 1.34. The molecule has 0 unspecified atom stereocenters. The lowest BCUT2D eigenvalue weighted by atomic mass is 10.1. The van der Waals surface area contributed by atoms with Crippen LogP contribution in [-0.2, 0) is 6.54 Å². The van der Waals surface area contributed by atoms with Crippen LogP contribution in [-0.4, -0.2) is 31.2 Å². The van der Waals surface area contributed by atoms with Gasteiger partial charge in [0.1, 0.15) is 16.4 Å². The topological polar surface area (TPSA) is 80.9 Å². The number of aliphatic hydroxyl groups is 1. The molecule has 3 heterocycles. The van der Waals surface area contributed by atoms with Gasteiger partial charge in [-0.25, -0.2) is 9.97 Å². The molecule has 0 saturated heterocycles. The molecular formula is C14H11ClN4O2. The van der Waals surface area contributed by atoms with Crippen molar-refractivity contribution in [3.05, 3.63) is 52.4 Å². The Morgan fingerprint density at radius 1 is 1.38 bits per heavy atom. The molecule has 1 N–H and O–H groups in total. The zero-order chi connectivity index (χ0) is 14.8. The SMILES string of the molecule is O=c1c2cc(Cl)nc(-c3cccnc3)c2ncn1CCO. The van der Waals surface area contributed by atoms with Gasteiger partial charge in [-0.15, -0.1) is 0 Å². The zero-order valence-corrected chi connectivity index (χ0v) is 11.7. The van der Waals surface area contributed by atoms with Crippen molar-refractivity contribution >= 4 is 22.5 Å². The number of fused-ring (bicyclic) bond motifs is 1. The minimum Gasteiger partial charge on any atom is -0.395 e. The van der Waals surface area contributed by atoms with E-state index in [0.717, 1.165) is 5.56 Å². The molecule has 0 saturated carbocycles. The largest absolute Gasteiger partial charge is 0.395 e. The van der Waals surface area contributed by atoms with Crippen LogP contribution in [0.15, 0.2) is 41.7 Å². The second-order valence-corrected chi connectivity index (χ2v) is 4.79. The summed E-state index contributed by atoms with van der Waals surface area (Å²) in [4.78, 5) is 24.9. The molecular weight excluding hydrogens is 292 g/mol. The maximum atomic E-state index is 12.4. The van der Waals surface area contributed by atoms with Gasteiger partial charge in [0.25, 0.3) is 5.56 Å². The van der Waals surface area contributed by atoms with Gasteiger partial charge in [0.15, 0.2) is 0 Å². The van der Waals surface area contributed by atoms with Crippen molar-refractivity contribution in [2.45, 2.75) is 6.54 Å². The molecule has 0 radical (unpaired) electrons. The van der Waals surface area contributed by atoms with E-state index in [2.05, 4.69) is 15.0 Å². The Labute approximate surface area is 124 Å². The Hall–Kier alpha value is -2.31. The molecule has 0 spiro atoms. The van der Waals surface area contributed by atoms with Crippen LogP contribution in [0.1, 0.15) is 0 Å². The van der Waals surface area contributed by atoms with Gasteiger partial charge in [0.05, 0.1) is 24.9 Å². The maximum absolute atomic E-state index is 12.4. The molecule has 0 aliphatic rings. The van der Waals surface area contributed by atoms with E-state index in [0.29, 0.717) is 16.6 Å². The first-order valence-corrected chi connectivity index (χ1v) is 6.65. The van der Waals surface area contributed by atoms with Crippen molar-refractivity contribution < 1.29 is 5.11 Å². The molecule has 0 aromatic carbocycles. The first kappa shape index (κ1) is 13.7. The third-order valence-corrected chi connectivity index (χ3v) is 3.25. The summed E-state index contributed by atoms with van der Waals surface area (Å²) in [6.45, 7) is 0.0469. The fourth-order valence-corrected chi connectivity index (χ4v) is 2.30. The van der Waals surface area contributed by atoms with Gasteiger partial charge in [-0.1, -0.05) is 11.6 Å². The maximum Gasteiger partial charge on any atom is 0.261 e. The molecule has 21 heavy (non-hydrogen) atoms. The summed E-state index contributed by atoms with van der Waals surface area (Å²) in [5.41, 5.74) is 1.45. The van der Waals surface area contributed by atoms with Crippen LogP contribution in [0, 0.1) is 0 Å². The van der Waals surface area contributed by atoms with Crippen molar-refractivity contribution in [2.24, 2.45) is 0 Å². The van der Waals surface area contributed by atoms with Gasteiger partial charge in [0, 0.05) is 18.0 Å². The van der Waals surface area contributed by atoms with Crippen LogP contribution in [0.4, 0.5) is 0 Å². The molecule has 3 aromatic heterocycles. The molecule has 0 aliphatic carbocycles. The monoisotopic (exact) mass is 302 g/mol. The number of rotatable bonds is 3. The average Bonchev–Trinajstić information content (AvgIpc) is 2.51. The van der Waals surface area contributed by atoms with Crippen LogP contribution in [0.5, 0.6) is 0 Å². The molecule has 0 aliphatic heterocycles. The Morgan fingerprint density at radius 2 is 2.24 bits per heavy atom. The summed E-state index contributed by atoms with van der Waals surface area (Å²) in [7, 11) is 0. The van der Waals surface area contributed by atoms with Gasteiger partial charge >= 0.3 is 0 Å². The lowest BCUT2D eigenvalue weighted by Crippen LogP contribution is -2.22. The lowest BCUT2D eigenvalue weighted by molar-refractivity contribution is 0.274. The Kier molecular flexibility index (Phi) is 3.64. The van der Waals surface area contributed by atoms with Crippen molar-refractivity contribution in [3.63, 3.8) is 0 Å². The molecule has 6 nitrogen and oxygen atoms in total. The van der Waals surface area contributed by atoms with E-state index in [1.807, 2.05) is 6.07 Å². The molecule has 0 amide bonds. The first-order chi connectivity index (χ1) is 10.2. The van der Waals surface area contributed by atoms with Crippen molar-refractivity contribution in [3.8, 4) is 11.3 Å². The van der Waals surface area contributed by atoms with Crippen LogP contribution >= 0.6 is 11.6 Å². The minimum absolute atomic E-state index is 0.138. The van der Waals surface area contributed by atoms with Gasteiger partial charge in [-0.3, -0.25) is 14.3 Å². The molecule has 0 bridgehead atoms. The Bertz CT molecular complexity index is 849. The first-order valence-electron chi connectivity index (χ1n) is 6.27. The van der Waals surface area contributed by atoms with Gasteiger partial charge in [-0.2, -0.15) is 0 Å². The van der Waals surface area contributed by atoms with Gasteiger partial charge < -0.3 is 5.11 Å². The minimum atomic E-state index is -0.261. The number of hydrogen-bond acceptors (Lipinski definition) is 5. The van der Waals surface area contributed by atoms with Gasteiger partial charge in [-0.05, 0) is 18.2 Å². The zero-order valence-electron chi connectivity index (χ0n) is 10.9. The normalized spacial score (nSPS) is 11.0. The second-order valence-electron chi connectivity index (χ2n) is 4.40. The van der Waals surface area contributed by atoms with Crippen LogP contribution in [0.25, 0.3) is 22.2 Å². The van der Waals surface area contributed by atoms with E-state index in [1.165, 1.54) is 17.0 Å². The van der Waals surface area contributed by atoms with E-state index >= 15 is 0 Å². The number of pyridine rings is 2. The lowest BCUT2D eigenvalue weighted by Gasteiger charge is -2.08. The van der Waals surface area contributed by atoms with Crippen molar-refractivity contribution in [1.29, 1.82) is 0 Å². The molecule has 3 aromatic rings. The van der Waals surface area contributed by atoms with Crippen LogP contribution in [0.2, 0.25) is 5.15 Å². The molecule has 7 heteroatoms. The Morgan fingerprint density at radius 3 is 2.95 bits per heavy atom. The summed E-state index contributed by atoms with van der Waals surface area (Å²) in [6.07, 6.45) is 4.69. The standard InChI is InChI=1S/C14H11ClN4O2/c15-11-6-10-13(17-8-19(4-5-20)14(10)21)12(18-11)9-2-1-3-16-7-9/h1-3,6-8,20H,4-5H2. The third-order valence-electron chi connectivity index (χ3n) is 3.05. The summed E-state index contributed by atoms with van der Waals surface area (Å²) in [5.74, 6) is 0. The van der Waals surface area contributed by atoms with E-state index < -0.39 is 0 Å². The third kappa shape index (κ3) is 2.51. The second kappa shape index (κ2) is 5.59. The summed E-state index contributed by atoms with van der Waals surface area (Å²) >= 11 is 6.02. The highest BCUT2D eigenvalue weighted by Gasteiger charge is 2.13. The van der Waals surface area contributed by atoms with Crippen molar-refractivity contribution in [2.75, 3.05) is 6.61 Å². The van der Waals surface area contributed by atoms with E-state index in [1.54, 1.807) is 18.5 Å². The molecule has 106 valence electrons. The van der Waals surface area contributed by atoms with Crippen molar-refractivity contribution in [1.82, 2.24) is 19.5 Å². The fraction of sp³-hybridized carbons (Fsp3) is 0.143. The number of halogens is 1. The van der Waals surface area contributed by atoms with E-state index in [9.17, 15) is 4.79 Å². The highest BCUT2D eigenvalue weighted by atomic mass is 35.5. The molecule has 3 rings (SSSR count). The van der Waals surface area contributed by atoms with E-state index in [4.69, 9.17) is 16.7 Å². The number of nitrogens with zero attached hydrogens (tertiary/aromatic N) is 4. The quantitative estimate of drug-likeness (QED) is 0.742. The predicted molar refractivity (Wildman–Crippen MR) is 79.1 cm³/mol. The van der Waals surface area contributed by atoms with E-state index in [-0.39, 0.29) is 23.9 Å². The summed E-state index contributed by atoms with van der Waals surface area (Å²) in [5, 5.41) is 9.54.